The summed E-state index contributed by atoms with van der Waals surface area (Å²) < 4.78 is 26.7. The smallest absolute Gasteiger partial charge is 0.257 e. The molecular weight excluding hydrogens is 348 g/mol. The van der Waals surface area contributed by atoms with Crippen LogP contribution in [0.4, 0.5) is 26.0 Å². The van der Waals surface area contributed by atoms with Crippen LogP contribution in [-0.4, -0.2) is 17.4 Å². The van der Waals surface area contributed by atoms with Crippen LogP contribution in [0.15, 0.2) is 60.8 Å². The van der Waals surface area contributed by atoms with E-state index in [9.17, 15) is 13.6 Å². The first-order chi connectivity index (χ1) is 13.1. The van der Waals surface area contributed by atoms with Gasteiger partial charge in [-0.25, -0.2) is 13.8 Å². The van der Waals surface area contributed by atoms with Crippen molar-refractivity contribution in [3.05, 3.63) is 83.6 Å². The first kappa shape index (κ1) is 17.1. The molecule has 1 aliphatic rings. The number of hydrogen-bond acceptors (Lipinski definition) is 3. The van der Waals surface area contributed by atoms with Crippen LogP contribution in [-0.2, 0) is 6.42 Å². The van der Waals surface area contributed by atoms with Gasteiger partial charge in [-0.05, 0) is 48.7 Å². The van der Waals surface area contributed by atoms with E-state index in [-0.39, 0.29) is 5.69 Å². The number of amides is 1. The standard InChI is InChI=1S/C21H17F2N3O/c22-16-8-9-18(17(23)12-16)25-21(27)15-7-10-20(24-13-15)26-11-3-5-14-4-1-2-6-19(14)26/h1-2,4,6-10,12-13H,3,5,11H2,(H,25,27). The van der Waals surface area contributed by atoms with E-state index in [4.69, 9.17) is 0 Å². The molecule has 0 bridgehead atoms. The van der Waals surface area contributed by atoms with E-state index in [1.807, 2.05) is 12.1 Å². The van der Waals surface area contributed by atoms with Gasteiger partial charge in [0, 0.05) is 24.5 Å². The number of benzene rings is 2. The number of carbonyl (C=O) groups is 1. The highest BCUT2D eigenvalue weighted by atomic mass is 19.1. The Labute approximate surface area is 155 Å². The lowest BCUT2D eigenvalue weighted by Gasteiger charge is -2.30. The van der Waals surface area contributed by atoms with Crippen molar-refractivity contribution in [1.29, 1.82) is 0 Å². The van der Waals surface area contributed by atoms with Gasteiger partial charge in [0.25, 0.3) is 5.91 Å². The first-order valence-electron chi connectivity index (χ1n) is 8.70. The topological polar surface area (TPSA) is 45.2 Å². The zero-order valence-corrected chi connectivity index (χ0v) is 14.5. The molecule has 0 radical (unpaired) electrons. The van der Waals surface area contributed by atoms with Crippen molar-refractivity contribution in [2.24, 2.45) is 0 Å². The fraction of sp³-hybridized carbons (Fsp3) is 0.143. The molecule has 0 saturated heterocycles. The summed E-state index contributed by atoms with van der Waals surface area (Å²) in [5.74, 6) is -1.26. The summed E-state index contributed by atoms with van der Waals surface area (Å²) >= 11 is 0. The number of hydrogen-bond donors (Lipinski definition) is 1. The minimum absolute atomic E-state index is 0.0737. The van der Waals surface area contributed by atoms with Gasteiger partial charge in [0.15, 0.2) is 0 Å². The van der Waals surface area contributed by atoms with Crippen LogP contribution in [0.3, 0.4) is 0 Å². The van der Waals surface area contributed by atoms with Gasteiger partial charge >= 0.3 is 0 Å². The van der Waals surface area contributed by atoms with E-state index in [1.165, 1.54) is 17.8 Å². The number of rotatable bonds is 3. The van der Waals surface area contributed by atoms with E-state index in [2.05, 4.69) is 27.3 Å². The molecule has 2 heterocycles. The number of aromatic nitrogens is 1. The molecule has 6 heteroatoms. The molecule has 0 aliphatic carbocycles. The van der Waals surface area contributed by atoms with E-state index in [0.717, 1.165) is 43.0 Å². The van der Waals surface area contributed by atoms with Crippen LogP contribution in [0.1, 0.15) is 22.3 Å². The molecule has 0 saturated carbocycles. The van der Waals surface area contributed by atoms with Crippen LogP contribution < -0.4 is 10.2 Å². The molecule has 0 fully saturated rings. The Morgan fingerprint density at radius 3 is 2.70 bits per heavy atom. The average Bonchev–Trinajstić information content (AvgIpc) is 2.70. The number of para-hydroxylation sites is 1. The Morgan fingerprint density at radius 1 is 1.07 bits per heavy atom. The maximum Gasteiger partial charge on any atom is 0.257 e. The summed E-state index contributed by atoms with van der Waals surface area (Å²) in [6, 6.07) is 14.6. The number of carbonyl (C=O) groups excluding carboxylic acids is 1. The molecule has 1 aromatic heterocycles. The Bertz CT molecular complexity index is 989. The predicted molar refractivity (Wildman–Crippen MR) is 100 cm³/mol. The summed E-state index contributed by atoms with van der Waals surface area (Å²) in [6.07, 6.45) is 3.53. The van der Waals surface area contributed by atoms with Gasteiger partial charge in [-0.15, -0.1) is 0 Å². The summed E-state index contributed by atoms with van der Waals surface area (Å²) in [7, 11) is 0. The molecule has 2 aromatic carbocycles. The molecule has 1 aliphatic heterocycles. The second-order valence-electron chi connectivity index (χ2n) is 6.37. The van der Waals surface area contributed by atoms with Gasteiger partial charge in [0.1, 0.15) is 17.5 Å². The fourth-order valence-electron chi connectivity index (χ4n) is 3.24. The van der Waals surface area contributed by atoms with E-state index in [0.29, 0.717) is 5.56 Å². The second kappa shape index (κ2) is 7.15. The Morgan fingerprint density at radius 2 is 1.93 bits per heavy atom. The molecular formula is C21H17F2N3O. The van der Waals surface area contributed by atoms with Gasteiger partial charge < -0.3 is 10.2 Å². The third-order valence-electron chi connectivity index (χ3n) is 4.58. The quantitative estimate of drug-likeness (QED) is 0.732. The van der Waals surface area contributed by atoms with Crippen molar-refractivity contribution in [1.82, 2.24) is 4.98 Å². The van der Waals surface area contributed by atoms with Gasteiger partial charge in [-0.1, -0.05) is 18.2 Å². The molecule has 0 spiro atoms. The zero-order valence-electron chi connectivity index (χ0n) is 14.5. The van der Waals surface area contributed by atoms with Gasteiger partial charge in [0.05, 0.1) is 11.3 Å². The summed E-state index contributed by atoms with van der Waals surface area (Å²) in [4.78, 5) is 18.8. The van der Waals surface area contributed by atoms with Crippen LogP contribution in [0, 0.1) is 11.6 Å². The number of anilines is 3. The second-order valence-corrected chi connectivity index (χ2v) is 6.37. The molecule has 3 aromatic rings. The van der Waals surface area contributed by atoms with Crippen LogP contribution >= 0.6 is 0 Å². The molecule has 4 nitrogen and oxygen atoms in total. The summed E-state index contributed by atoms with van der Waals surface area (Å²) in [5, 5.41) is 2.43. The van der Waals surface area contributed by atoms with Gasteiger partial charge in [-0.3, -0.25) is 4.79 Å². The molecule has 4 rings (SSSR count). The number of pyridine rings is 1. The monoisotopic (exact) mass is 365 g/mol. The lowest BCUT2D eigenvalue weighted by molar-refractivity contribution is 0.102. The average molecular weight is 365 g/mol. The Balaban J connectivity index is 1.53. The largest absolute Gasteiger partial charge is 0.326 e. The summed E-state index contributed by atoms with van der Waals surface area (Å²) in [6.45, 7) is 0.857. The van der Waals surface area contributed by atoms with Crippen molar-refractivity contribution >= 4 is 23.1 Å². The lowest BCUT2D eigenvalue weighted by Crippen LogP contribution is -2.25. The molecule has 1 N–H and O–H groups in total. The fourth-order valence-corrected chi connectivity index (χ4v) is 3.24. The highest BCUT2D eigenvalue weighted by Crippen LogP contribution is 2.32. The van der Waals surface area contributed by atoms with Crippen molar-refractivity contribution < 1.29 is 13.6 Å². The van der Waals surface area contributed by atoms with Gasteiger partial charge in [0.2, 0.25) is 0 Å². The normalized spacial score (nSPS) is 13.2. The number of nitrogens with one attached hydrogen (secondary N) is 1. The van der Waals surface area contributed by atoms with Gasteiger partial charge in [-0.2, -0.15) is 0 Å². The molecule has 0 atom stereocenters. The Hall–Kier alpha value is -3.28. The third-order valence-corrected chi connectivity index (χ3v) is 4.58. The maximum absolute atomic E-state index is 13.7. The number of halogens is 2. The molecule has 0 unspecified atom stereocenters. The molecule has 1 amide bonds. The minimum Gasteiger partial charge on any atom is -0.326 e. The SMILES string of the molecule is O=C(Nc1ccc(F)cc1F)c1ccc(N2CCCc3ccccc32)nc1. The zero-order chi connectivity index (χ0) is 18.8. The van der Waals surface area contributed by atoms with Crippen LogP contribution in [0.25, 0.3) is 0 Å². The minimum atomic E-state index is -0.821. The maximum atomic E-state index is 13.7. The van der Waals surface area contributed by atoms with E-state index in [1.54, 1.807) is 12.1 Å². The third kappa shape index (κ3) is 3.51. The molecule has 27 heavy (non-hydrogen) atoms. The van der Waals surface area contributed by atoms with Crippen LogP contribution in [0.5, 0.6) is 0 Å². The van der Waals surface area contributed by atoms with Crippen molar-refractivity contribution in [3.8, 4) is 0 Å². The van der Waals surface area contributed by atoms with Crippen molar-refractivity contribution in [3.63, 3.8) is 0 Å². The highest BCUT2D eigenvalue weighted by molar-refractivity contribution is 6.04. The lowest BCUT2D eigenvalue weighted by atomic mass is 10.0. The predicted octanol–water partition coefficient (Wildman–Crippen LogP) is 4.70. The number of aryl methyl sites for hydroxylation is 1. The van der Waals surface area contributed by atoms with E-state index >= 15 is 0 Å². The number of nitrogens with zero attached hydrogens (tertiary/aromatic N) is 2. The first-order valence-corrected chi connectivity index (χ1v) is 8.70. The highest BCUT2D eigenvalue weighted by Gasteiger charge is 2.19. The molecule has 136 valence electrons. The van der Waals surface area contributed by atoms with Crippen molar-refractivity contribution in [2.75, 3.05) is 16.8 Å². The van der Waals surface area contributed by atoms with E-state index < -0.39 is 17.5 Å². The van der Waals surface area contributed by atoms with Crippen LogP contribution in [0.2, 0.25) is 0 Å². The Kier molecular flexibility index (Phi) is 4.54. The number of fused-ring (bicyclic) bond motifs is 1. The van der Waals surface area contributed by atoms with Crippen molar-refractivity contribution in [2.45, 2.75) is 12.8 Å². The summed E-state index contributed by atoms with van der Waals surface area (Å²) in [5.41, 5.74) is 2.63.